The Kier molecular flexibility index (Phi) is 2.46. The van der Waals surface area contributed by atoms with Crippen molar-refractivity contribution >= 4 is 17.3 Å². The summed E-state index contributed by atoms with van der Waals surface area (Å²) in [6.07, 6.45) is 0. The first-order chi connectivity index (χ1) is 11.1. The van der Waals surface area contributed by atoms with E-state index in [0.717, 1.165) is 0 Å². The maximum absolute atomic E-state index is 12.9. The summed E-state index contributed by atoms with van der Waals surface area (Å²) in [6, 6.07) is 14.3. The van der Waals surface area contributed by atoms with Gasteiger partial charge in [0.2, 0.25) is 11.8 Å². The topological polar surface area (TPSA) is 114 Å². The van der Waals surface area contributed by atoms with Crippen molar-refractivity contribution in [2.45, 2.75) is 5.41 Å². The van der Waals surface area contributed by atoms with Gasteiger partial charge in [0.05, 0.1) is 0 Å². The van der Waals surface area contributed by atoms with E-state index in [4.69, 9.17) is 16.2 Å². The second kappa shape index (κ2) is 4.27. The molecule has 2 aliphatic rings. The van der Waals surface area contributed by atoms with Crippen molar-refractivity contribution in [1.29, 1.82) is 5.26 Å². The number of ether oxygens (including phenoxy) is 1. The molecule has 112 valence electrons. The quantitative estimate of drug-likeness (QED) is 0.639. The monoisotopic (exact) mass is 304 g/mol. The van der Waals surface area contributed by atoms with Crippen LogP contribution in [0.15, 0.2) is 53.9 Å². The van der Waals surface area contributed by atoms with Gasteiger partial charge in [-0.15, -0.1) is 0 Å². The first-order valence-electron chi connectivity index (χ1n) is 6.98. The lowest BCUT2D eigenvalue weighted by Crippen LogP contribution is -2.42. The predicted molar refractivity (Wildman–Crippen MR) is 84.2 cm³/mol. The van der Waals surface area contributed by atoms with Gasteiger partial charge in [-0.3, -0.25) is 4.79 Å². The van der Waals surface area contributed by atoms with Crippen LogP contribution in [0.25, 0.3) is 0 Å². The smallest absolute Gasteiger partial charge is 0.245 e. The largest absolute Gasteiger partial charge is 0.440 e. The van der Waals surface area contributed by atoms with Gasteiger partial charge in [0.25, 0.3) is 0 Å². The molecule has 0 unspecified atom stereocenters. The minimum Gasteiger partial charge on any atom is -0.440 e. The Labute approximate surface area is 132 Å². The average molecular weight is 304 g/mol. The van der Waals surface area contributed by atoms with E-state index in [1.54, 1.807) is 24.3 Å². The number of nitrogens with zero attached hydrogens (tertiary/aromatic N) is 1. The summed E-state index contributed by atoms with van der Waals surface area (Å²) in [5.41, 5.74) is 12.9. The van der Waals surface area contributed by atoms with E-state index in [1.807, 2.05) is 18.2 Å². The van der Waals surface area contributed by atoms with Gasteiger partial charge in [0.15, 0.2) is 0 Å². The van der Waals surface area contributed by atoms with Gasteiger partial charge in [-0.25, -0.2) is 0 Å². The number of anilines is 2. The summed E-state index contributed by atoms with van der Waals surface area (Å²) in [7, 11) is 0. The van der Waals surface area contributed by atoms with Gasteiger partial charge >= 0.3 is 0 Å². The molecule has 0 aliphatic carbocycles. The number of carbonyl (C=O) groups is 1. The molecule has 0 radical (unpaired) electrons. The molecule has 0 saturated carbocycles. The van der Waals surface area contributed by atoms with Crippen molar-refractivity contribution in [3.05, 3.63) is 65.0 Å². The summed E-state index contributed by atoms with van der Waals surface area (Å²) in [5, 5.41) is 12.5. The van der Waals surface area contributed by atoms with Crippen LogP contribution in [-0.4, -0.2) is 5.91 Å². The van der Waals surface area contributed by atoms with Crippen LogP contribution in [0.1, 0.15) is 11.1 Å². The molecule has 0 fully saturated rings. The van der Waals surface area contributed by atoms with Gasteiger partial charge in [-0.1, -0.05) is 24.3 Å². The van der Waals surface area contributed by atoms with Gasteiger partial charge in [0, 0.05) is 28.6 Å². The van der Waals surface area contributed by atoms with E-state index in [9.17, 15) is 10.1 Å². The van der Waals surface area contributed by atoms with Crippen molar-refractivity contribution in [3.63, 3.8) is 0 Å². The van der Waals surface area contributed by atoms with Crippen molar-refractivity contribution in [3.8, 4) is 11.8 Å². The Balaban J connectivity index is 2.15. The second-order valence-electron chi connectivity index (χ2n) is 5.46. The molecule has 2 aromatic carbocycles. The third kappa shape index (κ3) is 1.48. The molecule has 2 aliphatic heterocycles. The average Bonchev–Trinajstić information content (AvgIpc) is 2.81. The van der Waals surface area contributed by atoms with E-state index >= 15 is 0 Å². The molecule has 23 heavy (non-hydrogen) atoms. The van der Waals surface area contributed by atoms with Crippen LogP contribution in [0.3, 0.4) is 0 Å². The van der Waals surface area contributed by atoms with E-state index in [0.29, 0.717) is 28.3 Å². The molecule has 5 N–H and O–H groups in total. The molecule has 1 spiro atoms. The van der Waals surface area contributed by atoms with Crippen molar-refractivity contribution in [2.24, 2.45) is 5.73 Å². The van der Waals surface area contributed by atoms with Crippen LogP contribution in [0.5, 0.6) is 5.75 Å². The lowest BCUT2D eigenvalue weighted by atomic mass is 9.69. The number of nitrogen functional groups attached to an aromatic ring is 1. The first-order valence-corrected chi connectivity index (χ1v) is 6.98. The number of rotatable bonds is 0. The zero-order chi connectivity index (χ0) is 16.2. The predicted octanol–water partition coefficient (Wildman–Crippen LogP) is 1.59. The standard InChI is InChI=1S/C17H12N4O2/c18-8-12-15(20)23-14-7-9(19)5-6-11(14)17(12)10-3-1-2-4-13(10)21-16(17)22/h1-7H,19-20H2,(H,21,22)/t17-/m0/s1. The second-order valence-corrected chi connectivity index (χ2v) is 5.46. The summed E-state index contributed by atoms with van der Waals surface area (Å²) in [5.74, 6) is -0.0293. The molecule has 1 amide bonds. The molecule has 2 aromatic rings. The highest BCUT2D eigenvalue weighted by molar-refractivity contribution is 6.12. The number of nitrogens with one attached hydrogen (secondary N) is 1. The highest BCUT2D eigenvalue weighted by atomic mass is 16.5. The van der Waals surface area contributed by atoms with Crippen LogP contribution < -0.4 is 21.5 Å². The summed E-state index contributed by atoms with van der Waals surface area (Å²) in [6.45, 7) is 0. The number of nitrogens with two attached hydrogens (primary N) is 2. The van der Waals surface area contributed by atoms with Gasteiger partial charge in [0.1, 0.15) is 22.8 Å². The Hall–Kier alpha value is -3.46. The summed E-state index contributed by atoms with van der Waals surface area (Å²) < 4.78 is 5.54. The molecular formula is C17H12N4O2. The SMILES string of the molecule is N#CC1=C(N)Oc2cc(N)ccc2[C@]12C(=O)Nc1ccccc12. The molecule has 4 rings (SSSR count). The molecule has 2 heterocycles. The van der Waals surface area contributed by atoms with E-state index in [2.05, 4.69) is 11.4 Å². The van der Waals surface area contributed by atoms with Crippen LogP contribution >= 0.6 is 0 Å². The maximum Gasteiger partial charge on any atom is 0.245 e. The summed E-state index contributed by atoms with van der Waals surface area (Å²) >= 11 is 0. The lowest BCUT2D eigenvalue weighted by Gasteiger charge is -2.33. The Bertz CT molecular complexity index is 942. The Morgan fingerprint density at radius 2 is 1.91 bits per heavy atom. The van der Waals surface area contributed by atoms with E-state index in [-0.39, 0.29) is 17.4 Å². The fraction of sp³-hybridized carbons (Fsp3) is 0.0588. The van der Waals surface area contributed by atoms with Crippen molar-refractivity contribution in [2.75, 3.05) is 11.1 Å². The Morgan fingerprint density at radius 1 is 1.13 bits per heavy atom. The first kappa shape index (κ1) is 13.2. The molecule has 0 bridgehead atoms. The lowest BCUT2D eigenvalue weighted by molar-refractivity contribution is -0.118. The molecule has 6 nitrogen and oxygen atoms in total. The molecule has 6 heteroatoms. The third-order valence-corrected chi connectivity index (χ3v) is 4.28. The fourth-order valence-corrected chi connectivity index (χ4v) is 3.33. The minimum absolute atomic E-state index is 0.0808. The number of hydrogen-bond donors (Lipinski definition) is 3. The minimum atomic E-state index is -1.31. The molecular weight excluding hydrogens is 292 g/mol. The van der Waals surface area contributed by atoms with Crippen molar-refractivity contribution in [1.82, 2.24) is 0 Å². The van der Waals surface area contributed by atoms with Gasteiger partial charge in [-0.05, 0) is 12.1 Å². The number of para-hydroxylation sites is 1. The molecule has 0 saturated heterocycles. The van der Waals surface area contributed by atoms with Crippen LogP contribution in [0, 0.1) is 11.3 Å². The molecule has 0 aromatic heterocycles. The van der Waals surface area contributed by atoms with Crippen molar-refractivity contribution < 1.29 is 9.53 Å². The number of fused-ring (bicyclic) bond motifs is 4. The fourth-order valence-electron chi connectivity index (χ4n) is 3.33. The zero-order valence-electron chi connectivity index (χ0n) is 12.0. The third-order valence-electron chi connectivity index (χ3n) is 4.28. The number of carbonyl (C=O) groups excluding carboxylic acids is 1. The Morgan fingerprint density at radius 3 is 2.70 bits per heavy atom. The van der Waals surface area contributed by atoms with Gasteiger partial charge < -0.3 is 21.5 Å². The van der Waals surface area contributed by atoms with Crippen LogP contribution in [0.2, 0.25) is 0 Å². The zero-order valence-corrected chi connectivity index (χ0v) is 12.0. The van der Waals surface area contributed by atoms with Crippen LogP contribution in [-0.2, 0) is 10.2 Å². The number of amides is 1. The number of benzene rings is 2. The van der Waals surface area contributed by atoms with Gasteiger partial charge in [-0.2, -0.15) is 5.26 Å². The van der Waals surface area contributed by atoms with Crippen LogP contribution in [0.4, 0.5) is 11.4 Å². The van der Waals surface area contributed by atoms with E-state index in [1.165, 1.54) is 0 Å². The highest BCUT2D eigenvalue weighted by Crippen LogP contribution is 2.53. The number of hydrogen-bond acceptors (Lipinski definition) is 5. The normalized spacial score (nSPS) is 21.3. The summed E-state index contributed by atoms with van der Waals surface area (Å²) in [4.78, 5) is 12.9. The maximum atomic E-state index is 12.9. The number of nitriles is 1. The van der Waals surface area contributed by atoms with E-state index < -0.39 is 5.41 Å². The highest BCUT2D eigenvalue weighted by Gasteiger charge is 2.56. The molecule has 1 atom stereocenters.